The number of alkyl halides is 2. The molecule has 1 aromatic carbocycles. The molecule has 25 heavy (non-hydrogen) atoms. The molecule has 0 spiro atoms. The molecule has 0 aromatic heterocycles. The van der Waals surface area contributed by atoms with E-state index in [2.05, 4.69) is 17.0 Å². The lowest BCUT2D eigenvalue weighted by Crippen LogP contribution is -2.57. The molecular formula is C18H23F2NO4. The molecule has 0 bridgehead atoms. The van der Waals surface area contributed by atoms with E-state index in [1.54, 1.807) is 12.1 Å². The van der Waals surface area contributed by atoms with E-state index in [0.717, 1.165) is 12.8 Å². The van der Waals surface area contributed by atoms with Gasteiger partial charge in [0.15, 0.2) is 0 Å². The van der Waals surface area contributed by atoms with Gasteiger partial charge in [0.05, 0.1) is 13.5 Å². The summed E-state index contributed by atoms with van der Waals surface area (Å²) in [7, 11) is 1.32. The van der Waals surface area contributed by atoms with Crippen molar-refractivity contribution in [1.29, 1.82) is 0 Å². The number of ether oxygens (including phenoxy) is 2. The molecule has 0 atom stereocenters. The molecule has 0 radical (unpaired) electrons. The fourth-order valence-electron chi connectivity index (χ4n) is 3.12. The second-order valence-electron chi connectivity index (χ2n) is 6.50. The second kappa shape index (κ2) is 8.27. The Bertz CT molecular complexity index is 596. The van der Waals surface area contributed by atoms with Gasteiger partial charge in [0.2, 0.25) is 5.91 Å². The topological polar surface area (TPSA) is 64.6 Å². The average Bonchev–Trinajstić information content (AvgIpc) is 2.57. The van der Waals surface area contributed by atoms with Gasteiger partial charge < -0.3 is 14.8 Å². The fourth-order valence-corrected chi connectivity index (χ4v) is 3.12. The highest BCUT2D eigenvalue weighted by molar-refractivity contribution is 5.89. The monoisotopic (exact) mass is 355 g/mol. The van der Waals surface area contributed by atoms with E-state index in [9.17, 15) is 18.4 Å². The number of carbonyl (C=O) groups excluding carboxylic acids is 2. The maximum Gasteiger partial charge on any atom is 0.387 e. The van der Waals surface area contributed by atoms with Crippen LogP contribution in [0.5, 0.6) is 5.75 Å². The predicted molar refractivity (Wildman–Crippen MR) is 87.3 cm³/mol. The lowest BCUT2D eigenvalue weighted by atomic mass is 9.77. The lowest BCUT2D eigenvalue weighted by molar-refractivity contribution is -0.153. The normalized spacial score (nSPS) is 23.2. The molecule has 2 rings (SSSR count). The third-order valence-corrected chi connectivity index (χ3v) is 4.60. The Hall–Kier alpha value is -2.18. The molecule has 0 saturated heterocycles. The highest BCUT2D eigenvalue weighted by Gasteiger charge is 2.43. The van der Waals surface area contributed by atoms with Crippen molar-refractivity contribution in [2.75, 3.05) is 7.11 Å². The van der Waals surface area contributed by atoms with Crippen molar-refractivity contribution in [1.82, 2.24) is 5.32 Å². The van der Waals surface area contributed by atoms with Crippen LogP contribution in [0.1, 0.15) is 38.2 Å². The van der Waals surface area contributed by atoms with Crippen LogP contribution in [0.15, 0.2) is 24.3 Å². The summed E-state index contributed by atoms with van der Waals surface area (Å²) in [6.45, 7) is -0.769. The number of rotatable bonds is 6. The van der Waals surface area contributed by atoms with Crippen LogP contribution >= 0.6 is 0 Å². The molecule has 1 fully saturated rings. The van der Waals surface area contributed by atoms with Gasteiger partial charge in [-0.25, -0.2) is 4.79 Å². The number of amides is 1. The number of benzene rings is 1. The van der Waals surface area contributed by atoms with Crippen molar-refractivity contribution in [3.8, 4) is 5.75 Å². The van der Waals surface area contributed by atoms with Gasteiger partial charge in [-0.2, -0.15) is 8.78 Å². The van der Waals surface area contributed by atoms with Crippen molar-refractivity contribution in [2.45, 2.75) is 51.2 Å². The van der Waals surface area contributed by atoms with Crippen molar-refractivity contribution < 1.29 is 27.8 Å². The number of hydrogen-bond acceptors (Lipinski definition) is 4. The van der Waals surface area contributed by atoms with Crippen molar-refractivity contribution >= 4 is 11.9 Å². The zero-order valence-electron chi connectivity index (χ0n) is 14.4. The van der Waals surface area contributed by atoms with E-state index in [4.69, 9.17) is 4.74 Å². The third kappa shape index (κ3) is 5.14. The summed E-state index contributed by atoms with van der Waals surface area (Å²) in [5.41, 5.74) is -0.333. The van der Waals surface area contributed by atoms with Crippen LogP contribution in [0.25, 0.3) is 0 Å². The molecule has 1 aliphatic rings. The molecule has 1 saturated carbocycles. The third-order valence-electron chi connectivity index (χ3n) is 4.60. The molecule has 0 heterocycles. The zero-order chi connectivity index (χ0) is 18.4. The highest BCUT2D eigenvalue weighted by atomic mass is 19.3. The second-order valence-corrected chi connectivity index (χ2v) is 6.50. The average molecular weight is 355 g/mol. The molecular weight excluding hydrogens is 332 g/mol. The van der Waals surface area contributed by atoms with Gasteiger partial charge in [-0.15, -0.1) is 0 Å². The maximum absolute atomic E-state index is 12.4. The number of esters is 1. The number of carbonyl (C=O) groups is 2. The molecule has 7 heteroatoms. The Kier molecular flexibility index (Phi) is 6.33. The van der Waals surface area contributed by atoms with Crippen molar-refractivity contribution in [3.05, 3.63) is 29.8 Å². The van der Waals surface area contributed by atoms with E-state index in [1.165, 1.54) is 19.2 Å². The summed E-state index contributed by atoms with van der Waals surface area (Å²) in [5.74, 6) is -0.181. The van der Waals surface area contributed by atoms with E-state index in [0.29, 0.717) is 24.3 Å². The van der Waals surface area contributed by atoms with Gasteiger partial charge in [-0.05, 0) is 49.3 Å². The van der Waals surface area contributed by atoms with E-state index < -0.39 is 18.1 Å². The summed E-state index contributed by atoms with van der Waals surface area (Å²) in [5, 5.41) is 2.83. The van der Waals surface area contributed by atoms with Gasteiger partial charge in [0.25, 0.3) is 0 Å². The van der Waals surface area contributed by atoms with Gasteiger partial charge in [0.1, 0.15) is 11.3 Å². The quantitative estimate of drug-likeness (QED) is 0.797. The first-order valence-electron chi connectivity index (χ1n) is 8.28. The molecule has 1 aromatic rings. The van der Waals surface area contributed by atoms with Gasteiger partial charge in [0, 0.05) is 0 Å². The maximum atomic E-state index is 12.4. The molecule has 5 nitrogen and oxygen atoms in total. The van der Waals surface area contributed by atoms with Crippen LogP contribution in [-0.2, 0) is 20.7 Å². The van der Waals surface area contributed by atoms with Crippen LogP contribution in [0.4, 0.5) is 8.78 Å². The van der Waals surface area contributed by atoms with Crippen molar-refractivity contribution in [2.24, 2.45) is 5.92 Å². The van der Waals surface area contributed by atoms with Crippen LogP contribution in [0.3, 0.4) is 0 Å². The number of nitrogens with one attached hydrogen (secondary N) is 1. The van der Waals surface area contributed by atoms with E-state index >= 15 is 0 Å². The zero-order valence-corrected chi connectivity index (χ0v) is 14.4. The summed E-state index contributed by atoms with van der Waals surface area (Å²) >= 11 is 0. The first-order chi connectivity index (χ1) is 11.8. The molecule has 1 aliphatic carbocycles. The van der Waals surface area contributed by atoms with E-state index in [1.807, 2.05) is 0 Å². The predicted octanol–water partition coefficient (Wildman–Crippen LogP) is 3.07. The van der Waals surface area contributed by atoms with Crippen LogP contribution < -0.4 is 10.1 Å². The largest absolute Gasteiger partial charge is 0.467 e. The van der Waals surface area contributed by atoms with Gasteiger partial charge in [-0.1, -0.05) is 19.1 Å². The Balaban J connectivity index is 2.00. The summed E-state index contributed by atoms with van der Waals surface area (Å²) in [6, 6.07) is 5.86. The SMILES string of the molecule is COC(=O)C1(NC(=O)Cc2ccc(OC(F)F)cc2)CCC(C)CC1. The fraction of sp³-hybridized carbons (Fsp3) is 0.556. The van der Waals surface area contributed by atoms with Gasteiger partial charge in [-0.3, -0.25) is 4.79 Å². The lowest BCUT2D eigenvalue weighted by Gasteiger charge is -2.37. The van der Waals surface area contributed by atoms with E-state index in [-0.39, 0.29) is 18.1 Å². The van der Waals surface area contributed by atoms with Gasteiger partial charge >= 0.3 is 12.6 Å². The number of methoxy groups -OCH3 is 1. The van der Waals surface area contributed by atoms with Crippen LogP contribution in [-0.4, -0.2) is 31.1 Å². The van der Waals surface area contributed by atoms with Crippen LogP contribution in [0, 0.1) is 5.92 Å². The first kappa shape index (κ1) is 19.1. The summed E-state index contributed by atoms with van der Waals surface area (Å²) in [6.07, 6.45) is 2.83. The minimum Gasteiger partial charge on any atom is -0.467 e. The number of hydrogen-bond donors (Lipinski definition) is 1. The Labute approximate surface area is 145 Å². The number of halogens is 2. The Morgan fingerprint density at radius 1 is 1.24 bits per heavy atom. The van der Waals surface area contributed by atoms with Crippen molar-refractivity contribution in [3.63, 3.8) is 0 Å². The molecule has 0 aliphatic heterocycles. The summed E-state index contributed by atoms with van der Waals surface area (Å²) < 4.78 is 33.4. The molecule has 0 unspecified atom stereocenters. The smallest absolute Gasteiger partial charge is 0.387 e. The van der Waals surface area contributed by atoms with Crippen LogP contribution in [0.2, 0.25) is 0 Å². The molecule has 1 N–H and O–H groups in total. The minimum atomic E-state index is -2.89. The summed E-state index contributed by atoms with van der Waals surface area (Å²) in [4.78, 5) is 24.6. The first-order valence-corrected chi connectivity index (χ1v) is 8.28. The molecule has 138 valence electrons. The minimum absolute atomic E-state index is 0.0338. The Morgan fingerprint density at radius 2 is 1.84 bits per heavy atom. The Morgan fingerprint density at radius 3 is 2.36 bits per heavy atom. The molecule has 1 amide bonds. The highest BCUT2D eigenvalue weighted by Crippen LogP contribution is 2.33. The standard InChI is InChI=1S/C18H23F2NO4/c1-12-7-9-18(10-8-12,16(23)24-2)21-15(22)11-13-3-5-14(6-4-13)25-17(19)20/h3-6,12,17H,7-11H2,1-2H3,(H,21,22).